The van der Waals surface area contributed by atoms with Crippen molar-refractivity contribution in [3.63, 3.8) is 0 Å². The predicted octanol–water partition coefficient (Wildman–Crippen LogP) is 5.24. The number of hydrogen-bond acceptors (Lipinski definition) is 4. The normalized spacial score (nSPS) is 11.8. The molecule has 0 unspecified atom stereocenters. The smallest absolute Gasteiger partial charge is 0.383 e. The Morgan fingerprint density at radius 2 is 1.65 bits per heavy atom. The zero-order chi connectivity index (χ0) is 22.8. The Morgan fingerprint density at radius 1 is 1.00 bits per heavy atom. The monoisotopic (exact) mass is 448 g/mol. The standard InChI is InChI=1S/C21H20F3N4O2P/c1-31(2,30)17-11-18(19(25)26-12-17)13-6-8-15(9-7-13)27-20(29)28-16-5-3-4-14(10-16)21(22,23)24/h3-12H,1-2H3,(H2,25,26)(H2,27,28,29). The van der Waals surface area contributed by atoms with Crippen molar-refractivity contribution in [1.29, 1.82) is 0 Å². The summed E-state index contributed by atoms with van der Waals surface area (Å²) in [6.07, 6.45) is -3.01. The van der Waals surface area contributed by atoms with Gasteiger partial charge in [0, 0.05) is 28.4 Å². The van der Waals surface area contributed by atoms with Crippen LogP contribution in [0.2, 0.25) is 0 Å². The molecule has 0 spiro atoms. The molecule has 162 valence electrons. The minimum Gasteiger partial charge on any atom is -0.383 e. The number of benzene rings is 2. The van der Waals surface area contributed by atoms with Crippen LogP contribution in [0.4, 0.5) is 35.2 Å². The van der Waals surface area contributed by atoms with Crippen LogP contribution < -0.4 is 21.7 Å². The van der Waals surface area contributed by atoms with Crippen molar-refractivity contribution in [3.8, 4) is 11.1 Å². The highest BCUT2D eigenvalue weighted by atomic mass is 31.2. The number of pyridine rings is 1. The number of alkyl halides is 3. The van der Waals surface area contributed by atoms with E-state index in [4.69, 9.17) is 5.73 Å². The highest BCUT2D eigenvalue weighted by molar-refractivity contribution is 7.70. The minimum atomic E-state index is -4.50. The van der Waals surface area contributed by atoms with E-state index in [1.807, 2.05) is 0 Å². The second-order valence-electron chi connectivity index (χ2n) is 7.21. The lowest BCUT2D eigenvalue weighted by molar-refractivity contribution is -0.137. The summed E-state index contributed by atoms with van der Waals surface area (Å²) in [5, 5.41) is 5.52. The van der Waals surface area contributed by atoms with Crippen molar-refractivity contribution in [1.82, 2.24) is 4.98 Å². The number of anilines is 3. The fraction of sp³-hybridized carbons (Fsp3) is 0.143. The third-order valence-corrected chi connectivity index (χ3v) is 5.92. The van der Waals surface area contributed by atoms with E-state index in [0.717, 1.165) is 12.1 Å². The van der Waals surface area contributed by atoms with Gasteiger partial charge in [0.1, 0.15) is 13.0 Å². The molecule has 2 amide bonds. The first-order valence-electron chi connectivity index (χ1n) is 9.10. The third kappa shape index (κ3) is 5.64. The summed E-state index contributed by atoms with van der Waals surface area (Å²) in [5.41, 5.74) is 6.86. The van der Waals surface area contributed by atoms with Gasteiger partial charge in [0.25, 0.3) is 0 Å². The number of hydrogen-bond donors (Lipinski definition) is 3. The molecular formula is C21H20F3N4O2P. The molecule has 6 nitrogen and oxygen atoms in total. The van der Waals surface area contributed by atoms with Gasteiger partial charge in [-0.3, -0.25) is 0 Å². The number of carbonyl (C=O) groups is 1. The van der Waals surface area contributed by atoms with E-state index >= 15 is 0 Å². The van der Waals surface area contributed by atoms with Crippen molar-refractivity contribution < 1.29 is 22.5 Å². The number of aromatic nitrogens is 1. The van der Waals surface area contributed by atoms with Crippen LogP contribution in [0.3, 0.4) is 0 Å². The Bertz CT molecular complexity index is 1160. The predicted molar refractivity (Wildman–Crippen MR) is 117 cm³/mol. The van der Waals surface area contributed by atoms with E-state index in [1.54, 1.807) is 43.7 Å². The number of halogens is 3. The second-order valence-corrected chi connectivity index (χ2v) is 10.4. The zero-order valence-electron chi connectivity index (χ0n) is 16.7. The number of nitrogens with two attached hydrogens (primary N) is 1. The average Bonchev–Trinajstić information content (AvgIpc) is 2.67. The van der Waals surface area contributed by atoms with Crippen LogP contribution in [0.15, 0.2) is 60.8 Å². The number of rotatable bonds is 4. The largest absolute Gasteiger partial charge is 0.416 e. The molecule has 2 aromatic carbocycles. The van der Waals surface area contributed by atoms with Gasteiger partial charge in [0.15, 0.2) is 0 Å². The fourth-order valence-corrected chi connectivity index (χ4v) is 3.57. The lowest BCUT2D eigenvalue weighted by Crippen LogP contribution is -2.19. The van der Waals surface area contributed by atoms with Gasteiger partial charge < -0.3 is 20.9 Å². The zero-order valence-corrected chi connectivity index (χ0v) is 17.6. The molecule has 0 fully saturated rings. The first kappa shape index (κ1) is 22.4. The van der Waals surface area contributed by atoms with Crippen LogP contribution in [0.5, 0.6) is 0 Å². The average molecular weight is 448 g/mol. The van der Waals surface area contributed by atoms with E-state index in [2.05, 4.69) is 15.6 Å². The summed E-state index contributed by atoms with van der Waals surface area (Å²) >= 11 is 0. The van der Waals surface area contributed by atoms with Crippen LogP contribution in [0, 0.1) is 0 Å². The van der Waals surface area contributed by atoms with Gasteiger partial charge in [-0.25, -0.2) is 9.78 Å². The van der Waals surface area contributed by atoms with Gasteiger partial charge >= 0.3 is 12.2 Å². The van der Waals surface area contributed by atoms with Gasteiger partial charge in [-0.1, -0.05) is 18.2 Å². The highest BCUT2D eigenvalue weighted by Crippen LogP contribution is 2.36. The minimum absolute atomic E-state index is 0.0168. The van der Waals surface area contributed by atoms with Crippen molar-refractivity contribution in [2.24, 2.45) is 0 Å². The number of urea groups is 1. The van der Waals surface area contributed by atoms with Crippen LogP contribution in [-0.2, 0) is 10.7 Å². The Balaban J connectivity index is 1.73. The molecule has 10 heteroatoms. The van der Waals surface area contributed by atoms with Crippen molar-refractivity contribution in [3.05, 3.63) is 66.4 Å². The van der Waals surface area contributed by atoms with E-state index in [0.29, 0.717) is 22.1 Å². The number of nitrogens with one attached hydrogen (secondary N) is 2. The molecule has 0 saturated heterocycles. The maximum atomic E-state index is 12.8. The van der Waals surface area contributed by atoms with Gasteiger partial charge in [-0.15, -0.1) is 0 Å². The molecular weight excluding hydrogens is 428 g/mol. The number of nitrogen functional groups attached to an aromatic ring is 1. The lowest BCUT2D eigenvalue weighted by Gasteiger charge is -2.12. The molecule has 0 aliphatic rings. The summed E-state index contributed by atoms with van der Waals surface area (Å²) in [4.78, 5) is 16.3. The Labute approximate surface area is 177 Å². The summed E-state index contributed by atoms with van der Waals surface area (Å²) < 4.78 is 50.7. The van der Waals surface area contributed by atoms with Crippen LogP contribution in [0.1, 0.15) is 5.56 Å². The molecule has 0 saturated carbocycles. The van der Waals surface area contributed by atoms with E-state index in [1.165, 1.54) is 18.3 Å². The molecule has 0 aliphatic carbocycles. The molecule has 4 N–H and O–H groups in total. The van der Waals surface area contributed by atoms with Gasteiger partial charge in [-0.05, 0) is 55.3 Å². The van der Waals surface area contributed by atoms with Crippen LogP contribution in [-0.4, -0.2) is 24.3 Å². The van der Waals surface area contributed by atoms with Crippen LogP contribution in [0.25, 0.3) is 11.1 Å². The molecule has 3 aromatic rings. The molecule has 31 heavy (non-hydrogen) atoms. The number of nitrogens with zero attached hydrogens (tertiary/aromatic N) is 1. The van der Waals surface area contributed by atoms with E-state index < -0.39 is 24.9 Å². The van der Waals surface area contributed by atoms with Gasteiger partial charge in [0.05, 0.1) is 5.56 Å². The first-order valence-corrected chi connectivity index (χ1v) is 11.7. The van der Waals surface area contributed by atoms with Crippen molar-refractivity contribution >= 4 is 35.7 Å². The third-order valence-electron chi connectivity index (χ3n) is 4.43. The fourth-order valence-electron chi connectivity index (χ4n) is 2.79. The SMILES string of the molecule is CP(C)(=O)c1cnc(N)c(-c2ccc(NC(=O)Nc3cccc(C(F)(F)F)c3)cc2)c1. The lowest BCUT2D eigenvalue weighted by atomic mass is 10.1. The number of carbonyl (C=O) groups excluding carboxylic acids is 1. The van der Waals surface area contributed by atoms with Crippen molar-refractivity contribution in [2.45, 2.75) is 6.18 Å². The molecule has 1 aromatic heterocycles. The van der Waals surface area contributed by atoms with Gasteiger partial charge in [0.2, 0.25) is 0 Å². The van der Waals surface area contributed by atoms with Crippen molar-refractivity contribution in [2.75, 3.05) is 29.7 Å². The van der Waals surface area contributed by atoms with E-state index in [-0.39, 0.29) is 11.5 Å². The summed E-state index contributed by atoms with van der Waals surface area (Å²) in [6, 6.07) is 12.0. The van der Waals surface area contributed by atoms with E-state index in [9.17, 15) is 22.5 Å². The highest BCUT2D eigenvalue weighted by Gasteiger charge is 2.30. The molecule has 3 rings (SSSR count). The Morgan fingerprint density at radius 3 is 2.26 bits per heavy atom. The summed E-state index contributed by atoms with van der Waals surface area (Å²) in [6.45, 7) is 3.28. The molecule has 1 heterocycles. The summed E-state index contributed by atoms with van der Waals surface area (Å²) in [5.74, 6) is 0.278. The molecule has 0 radical (unpaired) electrons. The Hall–Kier alpha value is -3.32. The topological polar surface area (TPSA) is 97.1 Å². The molecule has 0 aliphatic heterocycles. The van der Waals surface area contributed by atoms with Crippen LogP contribution >= 0.6 is 7.14 Å². The molecule has 0 bridgehead atoms. The second kappa shape index (κ2) is 8.43. The first-order chi connectivity index (χ1) is 14.4. The molecule has 0 atom stereocenters. The maximum absolute atomic E-state index is 12.8. The Kier molecular flexibility index (Phi) is 6.08. The van der Waals surface area contributed by atoms with Gasteiger partial charge in [-0.2, -0.15) is 13.2 Å². The quantitative estimate of drug-likeness (QED) is 0.476. The summed E-state index contributed by atoms with van der Waals surface area (Å²) in [7, 11) is -2.52. The maximum Gasteiger partial charge on any atom is 0.416 e. The number of amides is 2.